The molecule has 14 aromatic rings. The maximum Gasteiger partial charge on any atom is 0.411 e. The second-order valence-electron chi connectivity index (χ2n) is 19.5. The van der Waals surface area contributed by atoms with Gasteiger partial charge in [-0.15, -0.1) is 0 Å². The maximum absolute atomic E-state index is 15.9. The molecule has 0 aliphatic carbocycles. The van der Waals surface area contributed by atoms with Gasteiger partial charge in [-0.25, -0.2) is 9.97 Å². The highest BCUT2D eigenvalue weighted by atomic mass is 19.4. The van der Waals surface area contributed by atoms with Crippen LogP contribution in [0.5, 0.6) is 0 Å². The van der Waals surface area contributed by atoms with E-state index >= 15 is 26.3 Å². The predicted octanol–water partition coefficient (Wildman–Crippen LogP) is 18.2. The second-order valence-corrected chi connectivity index (χ2v) is 19.5. The largest absolute Gasteiger partial charge is 0.411 e. The van der Waals surface area contributed by atoms with E-state index in [4.69, 9.17) is 9.97 Å². The SMILES string of the molecule is FC(F)(F)C(c1ccc(-c2nc(-c3ccccc3)cc(-c3ccccc3)n2)cc1)(c1ccc(-n2c3ccc(-n4c5ccccc5c5ccccc54)cc3c3cc(-n4c5ccccc5c5ccccc54)ccc32)cc1)C(F)(F)F. The van der Waals surface area contributed by atoms with Crippen LogP contribution in [0, 0.1) is 0 Å². The lowest BCUT2D eigenvalue weighted by Crippen LogP contribution is -2.54. The van der Waals surface area contributed by atoms with Gasteiger partial charge in [0.2, 0.25) is 5.41 Å². The number of rotatable bonds is 8. The number of benzene rings is 10. The molecule has 11 heteroatoms. The van der Waals surface area contributed by atoms with E-state index in [-0.39, 0.29) is 11.4 Å². The first-order chi connectivity index (χ1) is 38.0. The molecule has 0 aliphatic heterocycles. The first-order valence-electron chi connectivity index (χ1n) is 25.4. The molecule has 376 valence electrons. The molecule has 0 unspecified atom stereocenters. The third-order valence-corrected chi connectivity index (χ3v) is 15.3. The van der Waals surface area contributed by atoms with Gasteiger partial charge in [0, 0.05) is 66.1 Å². The minimum Gasteiger partial charge on any atom is -0.309 e. The average molecular weight is 1030 g/mol. The molecule has 14 rings (SSSR count). The van der Waals surface area contributed by atoms with Crippen molar-refractivity contribution in [1.82, 2.24) is 23.7 Å². The van der Waals surface area contributed by atoms with E-state index in [0.717, 1.165) is 101 Å². The van der Waals surface area contributed by atoms with Crippen molar-refractivity contribution in [2.75, 3.05) is 0 Å². The molecule has 4 aromatic heterocycles. The second kappa shape index (κ2) is 17.7. The molecule has 5 nitrogen and oxygen atoms in total. The molecule has 0 N–H and O–H groups in total. The summed E-state index contributed by atoms with van der Waals surface area (Å²) >= 11 is 0. The predicted molar refractivity (Wildman–Crippen MR) is 301 cm³/mol. The minimum absolute atomic E-state index is 0.145. The Bertz CT molecular complexity index is 4280. The lowest BCUT2D eigenvalue weighted by Gasteiger charge is -2.38. The lowest BCUT2D eigenvalue weighted by atomic mass is 9.72. The Morgan fingerprint density at radius 3 is 0.974 bits per heavy atom. The van der Waals surface area contributed by atoms with Crippen LogP contribution in [0.3, 0.4) is 0 Å². The molecule has 0 fully saturated rings. The summed E-state index contributed by atoms with van der Waals surface area (Å²) in [5, 5.41) is 6.04. The molecule has 78 heavy (non-hydrogen) atoms. The maximum atomic E-state index is 15.9. The van der Waals surface area contributed by atoms with Gasteiger partial charge in [-0.05, 0) is 90.0 Å². The normalized spacial score (nSPS) is 12.5. The Balaban J connectivity index is 0.927. The van der Waals surface area contributed by atoms with E-state index in [9.17, 15) is 0 Å². The minimum atomic E-state index is -5.82. The third kappa shape index (κ3) is 7.18. The van der Waals surface area contributed by atoms with E-state index in [1.54, 1.807) is 6.07 Å². The third-order valence-electron chi connectivity index (χ3n) is 15.3. The summed E-state index contributed by atoms with van der Waals surface area (Å²) in [7, 11) is 0. The van der Waals surface area contributed by atoms with Crippen molar-refractivity contribution in [3.8, 4) is 51.0 Å². The van der Waals surface area contributed by atoms with Crippen molar-refractivity contribution in [2.45, 2.75) is 17.8 Å². The van der Waals surface area contributed by atoms with E-state index in [1.807, 2.05) is 138 Å². The van der Waals surface area contributed by atoms with Gasteiger partial charge >= 0.3 is 12.4 Å². The number of hydrogen-bond acceptors (Lipinski definition) is 2. The number of fused-ring (bicyclic) bond motifs is 9. The summed E-state index contributed by atoms with van der Waals surface area (Å²) in [5.74, 6) is 0.145. The van der Waals surface area contributed by atoms with Crippen LogP contribution in [0.1, 0.15) is 11.1 Å². The number of hydrogen-bond donors (Lipinski definition) is 0. The molecule has 0 radical (unpaired) electrons. The Morgan fingerprint density at radius 2 is 0.590 bits per heavy atom. The van der Waals surface area contributed by atoms with Crippen LogP contribution in [0.2, 0.25) is 0 Å². The van der Waals surface area contributed by atoms with Gasteiger partial charge < -0.3 is 13.7 Å². The highest BCUT2D eigenvalue weighted by Crippen LogP contribution is 2.56. The van der Waals surface area contributed by atoms with Gasteiger partial charge in [0.05, 0.1) is 44.5 Å². The number of aromatic nitrogens is 5. The zero-order chi connectivity index (χ0) is 52.9. The van der Waals surface area contributed by atoms with Crippen LogP contribution < -0.4 is 0 Å². The smallest absolute Gasteiger partial charge is 0.309 e. The van der Waals surface area contributed by atoms with Crippen molar-refractivity contribution >= 4 is 65.4 Å². The number of alkyl halides is 6. The van der Waals surface area contributed by atoms with Gasteiger partial charge in [0.1, 0.15) is 0 Å². The summed E-state index contributed by atoms with van der Waals surface area (Å²) in [6, 6.07) is 74.3. The first-order valence-corrected chi connectivity index (χ1v) is 25.4. The van der Waals surface area contributed by atoms with Crippen LogP contribution in [-0.4, -0.2) is 36.0 Å². The van der Waals surface area contributed by atoms with Crippen LogP contribution in [0.4, 0.5) is 26.3 Å². The van der Waals surface area contributed by atoms with Crippen LogP contribution in [0.25, 0.3) is 116 Å². The van der Waals surface area contributed by atoms with Crippen LogP contribution in [0.15, 0.2) is 249 Å². The van der Waals surface area contributed by atoms with Crippen molar-refractivity contribution in [2.24, 2.45) is 0 Å². The number of halogens is 6. The Morgan fingerprint density at radius 1 is 0.269 bits per heavy atom. The van der Waals surface area contributed by atoms with E-state index < -0.39 is 28.9 Å². The van der Waals surface area contributed by atoms with Gasteiger partial charge in [-0.2, -0.15) is 26.3 Å². The molecular formula is C67H41F6N5. The fraction of sp³-hybridized carbons (Fsp3) is 0.0448. The molecule has 0 aliphatic rings. The molecular weight excluding hydrogens is 989 g/mol. The van der Waals surface area contributed by atoms with E-state index in [1.165, 1.54) is 24.3 Å². The summed E-state index contributed by atoms with van der Waals surface area (Å²) in [4.78, 5) is 9.49. The molecule has 0 spiro atoms. The topological polar surface area (TPSA) is 40.6 Å². The monoisotopic (exact) mass is 1030 g/mol. The molecule has 10 aromatic carbocycles. The van der Waals surface area contributed by atoms with Gasteiger partial charge in [-0.1, -0.05) is 170 Å². The van der Waals surface area contributed by atoms with Gasteiger partial charge in [0.15, 0.2) is 5.82 Å². The molecule has 0 saturated heterocycles. The highest BCUT2D eigenvalue weighted by Gasteiger charge is 2.72. The Labute approximate surface area is 442 Å². The van der Waals surface area contributed by atoms with Crippen molar-refractivity contribution in [1.29, 1.82) is 0 Å². The molecule has 0 atom stereocenters. The van der Waals surface area contributed by atoms with Gasteiger partial charge in [-0.3, -0.25) is 0 Å². The van der Waals surface area contributed by atoms with E-state index in [0.29, 0.717) is 28.1 Å². The lowest BCUT2D eigenvalue weighted by molar-refractivity contribution is -0.288. The van der Waals surface area contributed by atoms with Crippen LogP contribution in [-0.2, 0) is 5.41 Å². The first kappa shape index (κ1) is 46.8. The summed E-state index contributed by atoms with van der Waals surface area (Å²) in [6.45, 7) is 0. The standard InChI is InChI=1S/C67H41F6N5/c68-66(69,70)65(67(71,72)73,45-29-27-44(28-30-45)64-74-56(42-15-3-1-4-16-42)41-57(75-64)43-17-5-2-6-18-43)46-31-33-47(34-32-46)76-62-37-35-48(77-58-23-11-7-19-50(58)51-20-8-12-24-59(51)77)39-54(62)55-40-49(36-38-63(55)76)78-60-25-13-9-21-52(60)53-22-10-14-26-61(53)78/h1-41H. The Kier molecular flexibility index (Phi) is 10.6. The highest BCUT2D eigenvalue weighted by molar-refractivity contribution is 6.14. The Hall–Kier alpha value is -9.74. The molecule has 4 heterocycles. The average Bonchev–Trinajstić information content (AvgIpc) is 4.26. The van der Waals surface area contributed by atoms with Crippen molar-refractivity contribution in [3.63, 3.8) is 0 Å². The number of nitrogens with zero attached hydrogens (tertiary/aromatic N) is 5. The fourth-order valence-electron chi connectivity index (χ4n) is 11.8. The van der Waals surface area contributed by atoms with E-state index in [2.05, 4.69) is 69.8 Å². The fourth-order valence-corrected chi connectivity index (χ4v) is 11.8. The van der Waals surface area contributed by atoms with Crippen LogP contribution >= 0.6 is 0 Å². The quantitative estimate of drug-likeness (QED) is 0.142. The zero-order valence-corrected chi connectivity index (χ0v) is 41.2. The molecule has 0 saturated carbocycles. The summed E-state index contributed by atoms with van der Waals surface area (Å²) < 4.78 is 102. The molecule has 0 bridgehead atoms. The summed E-state index contributed by atoms with van der Waals surface area (Å²) in [6.07, 6.45) is -11.6. The molecule has 0 amide bonds. The number of para-hydroxylation sites is 4. The van der Waals surface area contributed by atoms with Crippen molar-refractivity contribution in [3.05, 3.63) is 260 Å². The van der Waals surface area contributed by atoms with Gasteiger partial charge in [0.25, 0.3) is 0 Å². The van der Waals surface area contributed by atoms with Crippen molar-refractivity contribution < 1.29 is 26.3 Å². The summed E-state index contributed by atoms with van der Waals surface area (Å²) in [5.41, 5.74) is 4.10. The zero-order valence-electron chi connectivity index (χ0n) is 41.2.